The molecule has 0 radical (unpaired) electrons. The second kappa shape index (κ2) is 7.87. The summed E-state index contributed by atoms with van der Waals surface area (Å²) in [4.78, 5) is 14.6. The van der Waals surface area contributed by atoms with E-state index in [-0.39, 0.29) is 23.7 Å². The number of ether oxygens (including phenoxy) is 1. The second-order valence-electron chi connectivity index (χ2n) is 6.37. The number of carbonyl (C=O) groups excluding carboxylic acids is 1. The minimum atomic E-state index is -0.385. The zero-order valence-electron chi connectivity index (χ0n) is 14.1. The predicted octanol–water partition coefficient (Wildman–Crippen LogP) is 3.55. The Balaban J connectivity index is 1.55. The van der Waals surface area contributed by atoms with Crippen LogP contribution < -0.4 is 4.74 Å². The standard InChI is InChI=1S/C18H21ClFN3O2/c1-13(23-11-15(19)9-21-23)18(24)22-8-2-3-14(10-22)12-25-17-6-4-16(20)5-7-17/h4-7,9,11,13-14H,2-3,8,10,12H2,1H3/t13-,14+/m0/s1. The van der Waals surface area contributed by atoms with Gasteiger partial charge in [-0.05, 0) is 44.0 Å². The van der Waals surface area contributed by atoms with Crippen LogP contribution >= 0.6 is 11.6 Å². The Morgan fingerprint density at radius 3 is 2.88 bits per heavy atom. The van der Waals surface area contributed by atoms with Crippen LogP contribution in [-0.4, -0.2) is 40.3 Å². The van der Waals surface area contributed by atoms with E-state index in [9.17, 15) is 9.18 Å². The van der Waals surface area contributed by atoms with Crippen molar-refractivity contribution in [1.82, 2.24) is 14.7 Å². The topological polar surface area (TPSA) is 47.4 Å². The average Bonchev–Trinajstić information content (AvgIpc) is 3.06. The van der Waals surface area contributed by atoms with E-state index in [1.807, 2.05) is 11.8 Å². The van der Waals surface area contributed by atoms with Crippen LogP contribution in [0.25, 0.3) is 0 Å². The highest BCUT2D eigenvalue weighted by molar-refractivity contribution is 6.30. The highest BCUT2D eigenvalue weighted by Crippen LogP contribution is 2.22. The lowest BCUT2D eigenvalue weighted by Crippen LogP contribution is -2.44. The van der Waals surface area contributed by atoms with Gasteiger partial charge in [0.25, 0.3) is 0 Å². The number of rotatable bonds is 5. The summed E-state index contributed by atoms with van der Waals surface area (Å²) in [6.45, 7) is 3.73. The monoisotopic (exact) mass is 365 g/mol. The third-order valence-electron chi connectivity index (χ3n) is 4.45. The predicted molar refractivity (Wildman–Crippen MR) is 93.1 cm³/mol. The van der Waals surface area contributed by atoms with Gasteiger partial charge in [0.15, 0.2) is 0 Å². The van der Waals surface area contributed by atoms with Crippen LogP contribution in [0.15, 0.2) is 36.7 Å². The molecule has 1 amide bonds. The van der Waals surface area contributed by atoms with Crippen LogP contribution in [0.4, 0.5) is 4.39 Å². The number of nitrogens with zero attached hydrogens (tertiary/aromatic N) is 3. The molecule has 2 heterocycles. The van der Waals surface area contributed by atoms with Crippen LogP contribution in [0.2, 0.25) is 5.02 Å². The minimum absolute atomic E-state index is 0.0336. The molecule has 0 aliphatic carbocycles. The van der Waals surface area contributed by atoms with Crippen molar-refractivity contribution in [3.05, 3.63) is 47.5 Å². The lowest BCUT2D eigenvalue weighted by molar-refractivity contribution is -0.136. The number of carbonyl (C=O) groups is 1. The number of hydrogen-bond donors (Lipinski definition) is 0. The highest BCUT2D eigenvalue weighted by atomic mass is 35.5. The largest absolute Gasteiger partial charge is 0.493 e. The molecule has 0 spiro atoms. The first kappa shape index (κ1) is 17.7. The summed E-state index contributed by atoms with van der Waals surface area (Å²) in [5.41, 5.74) is 0. The summed E-state index contributed by atoms with van der Waals surface area (Å²) < 4.78 is 20.2. The maximum absolute atomic E-state index is 12.9. The van der Waals surface area contributed by atoms with E-state index in [1.165, 1.54) is 18.3 Å². The van der Waals surface area contributed by atoms with Crippen molar-refractivity contribution in [1.29, 1.82) is 0 Å². The quantitative estimate of drug-likeness (QED) is 0.814. The molecule has 1 fully saturated rings. The molecule has 2 atom stereocenters. The number of hydrogen-bond acceptors (Lipinski definition) is 3. The molecule has 0 saturated carbocycles. The van der Waals surface area contributed by atoms with Crippen molar-refractivity contribution in [3.8, 4) is 5.75 Å². The summed E-state index contributed by atoms with van der Waals surface area (Å²) in [6.07, 6.45) is 5.13. The lowest BCUT2D eigenvalue weighted by Gasteiger charge is -2.34. The molecule has 3 rings (SSSR count). The van der Waals surface area contributed by atoms with Crippen molar-refractivity contribution in [2.24, 2.45) is 5.92 Å². The maximum Gasteiger partial charge on any atom is 0.247 e. The molecule has 0 bridgehead atoms. The van der Waals surface area contributed by atoms with Crippen molar-refractivity contribution in [2.45, 2.75) is 25.8 Å². The molecule has 1 aromatic carbocycles. The average molecular weight is 366 g/mol. The Morgan fingerprint density at radius 1 is 1.44 bits per heavy atom. The molecule has 134 valence electrons. The number of likely N-dealkylation sites (tertiary alicyclic amines) is 1. The van der Waals surface area contributed by atoms with E-state index < -0.39 is 0 Å². The van der Waals surface area contributed by atoms with Gasteiger partial charge in [-0.2, -0.15) is 5.10 Å². The molecule has 1 aliphatic heterocycles. The molecule has 5 nitrogen and oxygen atoms in total. The molecule has 1 aromatic heterocycles. The van der Waals surface area contributed by atoms with Crippen LogP contribution in [-0.2, 0) is 4.79 Å². The Morgan fingerprint density at radius 2 is 2.20 bits per heavy atom. The van der Waals surface area contributed by atoms with Crippen molar-refractivity contribution in [3.63, 3.8) is 0 Å². The van der Waals surface area contributed by atoms with Crippen LogP contribution in [0, 0.1) is 11.7 Å². The molecular weight excluding hydrogens is 345 g/mol. The van der Waals surface area contributed by atoms with Gasteiger partial charge in [0.2, 0.25) is 5.91 Å². The maximum atomic E-state index is 12.9. The number of aromatic nitrogens is 2. The lowest BCUT2D eigenvalue weighted by atomic mass is 9.98. The second-order valence-corrected chi connectivity index (χ2v) is 6.81. The van der Waals surface area contributed by atoms with Crippen LogP contribution in [0.1, 0.15) is 25.8 Å². The summed E-state index contributed by atoms with van der Waals surface area (Å²) >= 11 is 5.88. The number of benzene rings is 1. The molecule has 2 aromatic rings. The molecule has 7 heteroatoms. The van der Waals surface area contributed by atoms with Gasteiger partial charge in [0.05, 0.1) is 17.8 Å². The zero-order valence-corrected chi connectivity index (χ0v) is 14.8. The fourth-order valence-electron chi connectivity index (χ4n) is 3.05. The normalized spacial score (nSPS) is 18.8. The van der Waals surface area contributed by atoms with E-state index in [2.05, 4.69) is 5.10 Å². The molecule has 1 saturated heterocycles. The fraction of sp³-hybridized carbons (Fsp3) is 0.444. The van der Waals surface area contributed by atoms with E-state index >= 15 is 0 Å². The molecule has 0 N–H and O–H groups in total. The van der Waals surface area contributed by atoms with Crippen LogP contribution in [0.3, 0.4) is 0 Å². The van der Waals surface area contributed by atoms with E-state index in [0.29, 0.717) is 23.9 Å². The summed E-state index contributed by atoms with van der Waals surface area (Å²) in [6, 6.07) is 5.60. The van der Waals surface area contributed by atoms with Gasteiger partial charge in [-0.15, -0.1) is 0 Å². The van der Waals surface area contributed by atoms with Gasteiger partial charge < -0.3 is 9.64 Å². The molecular formula is C18H21ClFN3O2. The van der Waals surface area contributed by atoms with Gasteiger partial charge in [-0.25, -0.2) is 4.39 Å². The Bertz CT molecular complexity index is 719. The van der Waals surface area contributed by atoms with Crippen molar-refractivity contribution in [2.75, 3.05) is 19.7 Å². The summed E-state index contributed by atoms with van der Waals surface area (Å²) in [7, 11) is 0. The van der Waals surface area contributed by atoms with E-state index in [4.69, 9.17) is 16.3 Å². The molecule has 25 heavy (non-hydrogen) atoms. The third-order valence-corrected chi connectivity index (χ3v) is 4.65. The van der Waals surface area contributed by atoms with Crippen LogP contribution in [0.5, 0.6) is 5.75 Å². The highest BCUT2D eigenvalue weighted by Gasteiger charge is 2.28. The van der Waals surface area contributed by atoms with Gasteiger partial charge in [0.1, 0.15) is 17.6 Å². The molecule has 0 unspecified atom stereocenters. The first-order valence-electron chi connectivity index (χ1n) is 8.40. The van der Waals surface area contributed by atoms with E-state index in [0.717, 1.165) is 19.4 Å². The minimum Gasteiger partial charge on any atom is -0.493 e. The first-order chi connectivity index (χ1) is 12.0. The number of amides is 1. The van der Waals surface area contributed by atoms with Gasteiger partial charge in [-0.3, -0.25) is 9.48 Å². The fourth-order valence-corrected chi connectivity index (χ4v) is 3.19. The Kier molecular flexibility index (Phi) is 5.58. The first-order valence-corrected chi connectivity index (χ1v) is 8.77. The van der Waals surface area contributed by atoms with Gasteiger partial charge in [0, 0.05) is 25.2 Å². The Labute approximate surface area is 151 Å². The van der Waals surface area contributed by atoms with Crippen molar-refractivity contribution >= 4 is 17.5 Å². The van der Waals surface area contributed by atoms with Gasteiger partial charge in [-0.1, -0.05) is 11.6 Å². The SMILES string of the molecule is C[C@@H](C(=O)N1CCC[C@@H](COc2ccc(F)cc2)C1)n1cc(Cl)cn1. The van der Waals surface area contributed by atoms with E-state index in [1.54, 1.807) is 23.0 Å². The zero-order chi connectivity index (χ0) is 17.8. The summed E-state index contributed by atoms with van der Waals surface area (Å²) in [5.74, 6) is 0.654. The third kappa shape index (κ3) is 4.51. The number of halogens is 2. The van der Waals surface area contributed by atoms with Gasteiger partial charge >= 0.3 is 0 Å². The summed E-state index contributed by atoms with van der Waals surface area (Å²) in [5, 5.41) is 4.63. The Hall–Kier alpha value is -2.08. The smallest absolute Gasteiger partial charge is 0.247 e. The number of piperidine rings is 1. The van der Waals surface area contributed by atoms with Crippen molar-refractivity contribution < 1.29 is 13.9 Å². The molecule has 1 aliphatic rings.